The third-order valence-corrected chi connectivity index (χ3v) is 6.54. The number of anilines is 1. The average molecular weight is 441 g/mol. The van der Waals surface area contributed by atoms with Crippen LogP contribution < -0.4 is 10.6 Å². The van der Waals surface area contributed by atoms with Gasteiger partial charge in [-0.2, -0.15) is 0 Å². The number of rotatable bonds is 6. The van der Waals surface area contributed by atoms with Gasteiger partial charge in [0, 0.05) is 60.6 Å². The normalized spacial score (nSPS) is 13.2. The molecule has 0 aliphatic carbocycles. The maximum absolute atomic E-state index is 11.7. The fourth-order valence-electron chi connectivity index (χ4n) is 3.75. The SMILES string of the molecule is C#Cc1cnccc1-c1cccc2cc(-c3ccnc(NCCN4CCNC4=O)n3)sc12. The van der Waals surface area contributed by atoms with Gasteiger partial charge in [-0.05, 0) is 23.6 Å². The summed E-state index contributed by atoms with van der Waals surface area (Å²) >= 11 is 1.68. The van der Waals surface area contributed by atoms with Crippen molar-refractivity contribution in [3.8, 4) is 34.0 Å². The Morgan fingerprint density at radius 3 is 3.00 bits per heavy atom. The number of nitrogens with one attached hydrogen (secondary N) is 2. The topological polar surface area (TPSA) is 83.0 Å². The Morgan fingerprint density at radius 1 is 1.22 bits per heavy atom. The lowest BCUT2D eigenvalue weighted by Crippen LogP contribution is -2.32. The van der Waals surface area contributed by atoms with E-state index in [2.05, 4.69) is 49.7 Å². The Labute approximate surface area is 189 Å². The zero-order valence-corrected chi connectivity index (χ0v) is 18.0. The van der Waals surface area contributed by atoms with Crippen molar-refractivity contribution < 1.29 is 4.79 Å². The third kappa shape index (κ3) is 3.86. The van der Waals surface area contributed by atoms with Crippen LogP contribution in [0.15, 0.2) is 55.0 Å². The van der Waals surface area contributed by atoms with Gasteiger partial charge in [0.15, 0.2) is 0 Å². The maximum Gasteiger partial charge on any atom is 0.317 e. The van der Waals surface area contributed by atoms with Gasteiger partial charge in [-0.15, -0.1) is 17.8 Å². The van der Waals surface area contributed by atoms with Crippen LogP contribution >= 0.6 is 11.3 Å². The Bertz CT molecular complexity index is 1340. The van der Waals surface area contributed by atoms with Crippen molar-refractivity contribution >= 4 is 33.4 Å². The van der Waals surface area contributed by atoms with Crippen LogP contribution in [0.1, 0.15) is 5.56 Å². The van der Waals surface area contributed by atoms with Crippen LogP contribution in [0.3, 0.4) is 0 Å². The molecule has 1 saturated heterocycles. The van der Waals surface area contributed by atoms with Crippen LogP contribution in [0.4, 0.5) is 10.7 Å². The zero-order valence-electron chi connectivity index (χ0n) is 17.2. The summed E-state index contributed by atoms with van der Waals surface area (Å²) in [7, 11) is 0. The maximum atomic E-state index is 11.7. The molecular weight excluding hydrogens is 420 g/mol. The van der Waals surface area contributed by atoms with Crippen LogP contribution in [-0.4, -0.2) is 52.1 Å². The largest absolute Gasteiger partial charge is 0.352 e. The first-order valence-electron chi connectivity index (χ1n) is 10.3. The van der Waals surface area contributed by atoms with Gasteiger partial charge >= 0.3 is 6.03 Å². The molecule has 1 aliphatic heterocycles. The van der Waals surface area contributed by atoms with Gasteiger partial charge in [0.05, 0.1) is 16.1 Å². The lowest BCUT2D eigenvalue weighted by atomic mass is 10.0. The summed E-state index contributed by atoms with van der Waals surface area (Å²) in [5, 5.41) is 7.15. The highest BCUT2D eigenvalue weighted by atomic mass is 32.1. The van der Waals surface area contributed by atoms with Crippen LogP contribution in [-0.2, 0) is 0 Å². The summed E-state index contributed by atoms with van der Waals surface area (Å²) in [5.74, 6) is 3.28. The Hall–Kier alpha value is -3.96. The number of carbonyl (C=O) groups is 1. The first-order valence-corrected chi connectivity index (χ1v) is 11.1. The molecule has 4 aromatic rings. The summed E-state index contributed by atoms with van der Waals surface area (Å²) in [4.78, 5) is 27.6. The number of benzene rings is 1. The average Bonchev–Trinajstić information content (AvgIpc) is 3.45. The molecule has 8 heteroatoms. The van der Waals surface area contributed by atoms with E-state index in [1.165, 1.54) is 0 Å². The Kier molecular flexibility index (Phi) is 5.40. The van der Waals surface area contributed by atoms with Gasteiger partial charge in [-0.3, -0.25) is 4.98 Å². The van der Waals surface area contributed by atoms with Crippen molar-refractivity contribution in [1.29, 1.82) is 0 Å². The predicted octanol–water partition coefficient (Wildman–Crippen LogP) is 3.84. The number of hydrogen-bond donors (Lipinski definition) is 2. The molecule has 1 aliphatic rings. The molecule has 1 aromatic carbocycles. The fourth-order valence-corrected chi connectivity index (χ4v) is 4.91. The highest BCUT2D eigenvalue weighted by Gasteiger charge is 2.18. The van der Waals surface area contributed by atoms with Crippen molar-refractivity contribution in [2.75, 3.05) is 31.5 Å². The lowest BCUT2D eigenvalue weighted by Gasteiger charge is -2.14. The van der Waals surface area contributed by atoms with Gasteiger partial charge in [0.25, 0.3) is 0 Å². The van der Waals surface area contributed by atoms with Crippen LogP contribution in [0.5, 0.6) is 0 Å². The summed E-state index contributed by atoms with van der Waals surface area (Å²) in [6, 6.07) is 12.2. The minimum Gasteiger partial charge on any atom is -0.352 e. The molecule has 0 unspecified atom stereocenters. The monoisotopic (exact) mass is 440 g/mol. The number of hydrogen-bond acceptors (Lipinski definition) is 6. The number of aromatic nitrogens is 3. The van der Waals surface area contributed by atoms with Gasteiger partial charge in [-0.1, -0.05) is 24.1 Å². The van der Waals surface area contributed by atoms with E-state index < -0.39 is 0 Å². The third-order valence-electron chi connectivity index (χ3n) is 5.33. The van der Waals surface area contributed by atoms with E-state index in [9.17, 15) is 4.79 Å². The number of terminal acetylenes is 1. The van der Waals surface area contributed by atoms with E-state index in [1.807, 2.05) is 18.2 Å². The molecular formula is C24H20N6OS. The number of pyridine rings is 1. The van der Waals surface area contributed by atoms with Crippen molar-refractivity contribution in [3.05, 3.63) is 60.6 Å². The molecule has 2 amide bonds. The molecule has 32 heavy (non-hydrogen) atoms. The molecule has 158 valence electrons. The van der Waals surface area contributed by atoms with Gasteiger partial charge in [-0.25, -0.2) is 14.8 Å². The van der Waals surface area contributed by atoms with E-state index >= 15 is 0 Å². The number of fused-ring (bicyclic) bond motifs is 1. The molecule has 2 N–H and O–H groups in total. The Balaban J connectivity index is 1.41. The molecule has 4 heterocycles. The number of thiophene rings is 1. The predicted molar refractivity (Wildman–Crippen MR) is 127 cm³/mol. The van der Waals surface area contributed by atoms with Crippen molar-refractivity contribution in [3.63, 3.8) is 0 Å². The highest BCUT2D eigenvalue weighted by molar-refractivity contribution is 7.22. The van der Waals surface area contributed by atoms with Crippen LogP contribution in [0.25, 0.3) is 31.8 Å². The molecule has 1 fully saturated rings. The Morgan fingerprint density at radius 2 is 2.16 bits per heavy atom. The molecule has 0 spiro atoms. The standard InChI is InChI=1S/C24H20N6OS/c1-2-16-15-25-8-6-18(16)19-5-3-4-17-14-21(32-22(17)19)20-7-9-26-23(29-20)27-10-12-30-13-11-28-24(30)31/h1,3-9,14-15H,10-13H2,(H,28,31)(H,26,27,29). The van der Waals surface area contributed by atoms with Crippen LogP contribution in [0, 0.1) is 12.3 Å². The summed E-state index contributed by atoms with van der Waals surface area (Å²) in [6.07, 6.45) is 10.9. The lowest BCUT2D eigenvalue weighted by molar-refractivity contribution is 0.219. The van der Waals surface area contributed by atoms with Crippen molar-refractivity contribution in [1.82, 2.24) is 25.2 Å². The van der Waals surface area contributed by atoms with E-state index in [0.717, 1.165) is 43.9 Å². The first-order chi connectivity index (χ1) is 15.7. The van der Waals surface area contributed by atoms with E-state index in [1.54, 1.807) is 34.8 Å². The summed E-state index contributed by atoms with van der Waals surface area (Å²) in [6.45, 7) is 2.62. The van der Waals surface area contributed by atoms with Gasteiger partial charge in [0.1, 0.15) is 0 Å². The molecule has 0 radical (unpaired) electrons. The molecule has 0 saturated carbocycles. The number of amides is 2. The van der Waals surface area contributed by atoms with Gasteiger partial charge < -0.3 is 15.5 Å². The second-order valence-electron chi connectivity index (χ2n) is 7.31. The molecule has 0 bridgehead atoms. The molecule has 7 nitrogen and oxygen atoms in total. The second kappa shape index (κ2) is 8.65. The summed E-state index contributed by atoms with van der Waals surface area (Å²) in [5.41, 5.74) is 3.71. The molecule has 0 atom stereocenters. The number of carbonyl (C=O) groups excluding carboxylic acids is 1. The summed E-state index contributed by atoms with van der Waals surface area (Å²) < 4.78 is 1.15. The van der Waals surface area contributed by atoms with Crippen molar-refractivity contribution in [2.24, 2.45) is 0 Å². The first kappa shape index (κ1) is 20.0. The minimum atomic E-state index is -0.0234. The highest BCUT2D eigenvalue weighted by Crippen LogP contribution is 2.39. The smallest absolute Gasteiger partial charge is 0.317 e. The second-order valence-corrected chi connectivity index (χ2v) is 8.36. The van der Waals surface area contributed by atoms with E-state index in [4.69, 9.17) is 6.42 Å². The molecule has 5 rings (SSSR count). The van der Waals surface area contributed by atoms with E-state index in [0.29, 0.717) is 25.6 Å². The van der Waals surface area contributed by atoms with E-state index in [-0.39, 0.29) is 6.03 Å². The quantitative estimate of drug-likeness (QED) is 0.445. The number of urea groups is 1. The zero-order chi connectivity index (χ0) is 21.9. The van der Waals surface area contributed by atoms with Crippen LogP contribution in [0.2, 0.25) is 0 Å². The van der Waals surface area contributed by atoms with Gasteiger partial charge in [0.2, 0.25) is 5.95 Å². The minimum absolute atomic E-state index is 0.0234. The number of nitrogens with zero attached hydrogens (tertiary/aromatic N) is 4. The van der Waals surface area contributed by atoms with Crippen molar-refractivity contribution in [2.45, 2.75) is 0 Å². The molecule has 3 aromatic heterocycles. The fraction of sp³-hybridized carbons (Fsp3) is 0.167.